The first kappa shape index (κ1) is 21.7. The molecule has 0 spiro atoms. The van der Waals surface area contributed by atoms with Crippen LogP contribution in [0.5, 0.6) is 0 Å². The quantitative estimate of drug-likeness (QED) is 0.606. The Hall–Kier alpha value is -4.18. The molecule has 0 radical (unpaired) electrons. The first-order chi connectivity index (χ1) is 16.7. The molecule has 1 saturated heterocycles. The van der Waals surface area contributed by atoms with Gasteiger partial charge in [-0.2, -0.15) is 0 Å². The maximum absolute atomic E-state index is 11.8. The average Bonchev–Trinajstić information content (AvgIpc) is 3.40. The molecule has 0 unspecified atom stereocenters. The van der Waals surface area contributed by atoms with Gasteiger partial charge in [-0.1, -0.05) is 5.21 Å². The number of ether oxygens (including phenoxy) is 1. The molecule has 3 heterocycles. The Bertz CT molecular complexity index is 1200. The van der Waals surface area contributed by atoms with Gasteiger partial charge < -0.3 is 25.2 Å². The third kappa shape index (κ3) is 4.91. The number of benzene rings is 2. The van der Waals surface area contributed by atoms with E-state index in [1.54, 1.807) is 23.3 Å². The topological polar surface area (TPSA) is 99.9 Å². The number of aliphatic imine (C=N–C) groups is 1. The van der Waals surface area contributed by atoms with E-state index in [1.807, 2.05) is 42.5 Å². The molecule has 2 aliphatic heterocycles. The second-order valence-corrected chi connectivity index (χ2v) is 7.99. The van der Waals surface area contributed by atoms with Gasteiger partial charge in [-0.15, -0.1) is 5.10 Å². The van der Waals surface area contributed by atoms with Gasteiger partial charge in [0.15, 0.2) is 0 Å². The van der Waals surface area contributed by atoms with Crippen LogP contribution < -0.4 is 20.4 Å². The van der Waals surface area contributed by atoms with Crippen molar-refractivity contribution in [2.75, 3.05) is 53.3 Å². The van der Waals surface area contributed by atoms with Crippen LogP contribution in [-0.2, 0) is 9.53 Å². The Kier molecular flexibility index (Phi) is 6.21. The van der Waals surface area contributed by atoms with Crippen molar-refractivity contribution in [2.45, 2.75) is 6.92 Å². The maximum Gasteiger partial charge on any atom is 0.221 e. The largest absolute Gasteiger partial charge is 0.378 e. The number of morpholine rings is 1. The van der Waals surface area contributed by atoms with Crippen molar-refractivity contribution in [2.24, 2.45) is 4.99 Å². The molecule has 2 aliphatic rings. The van der Waals surface area contributed by atoms with E-state index in [9.17, 15) is 4.79 Å². The van der Waals surface area contributed by atoms with Gasteiger partial charge in [-0.25, -0.2) is 9.67 Å². The molecule has 0 aliphatic carbocycles. The SMILES string of the molecule is CC(=O)Nc1cc(N2CCOCC2)cc(N2CC=CN=C2Nc2ccc(-n3ccnn3)cc2)c1. The molecule has 1 fully saturated rings. The average molecular weight is 459 g/mol. The molecular weight excluding hydrogens is 432 g/mol. The van der Waals surface area contributed by atoms with E-state index in [2.05, 4.69) is 41.8 Å². The predicted octanol–water partition coefficient (Wildman–Crippen LogP) is 2.86. The van der Waals surface area contributed by atoms with Gasteiger partial charge in [0.05, 0.1) is 31.3 Å². The molecule has 0 atom stereocenters. The molecule has 1 aromatic heterocycles. The van der Waals surface area contributed by atoms with Crippen molar-refractivity contribution >= 4 is 34.6 Å². The Morgan fingerprint density at radius 1 is 1.00 bits per heavy atom. The fourth-order valence-electron chi connectivity index (χ4n) is 3.96. The van der Waals surface area contributed by atoms with E-state index >= 15 is 0 Å². The molecule has 174 valence electrons. The van der Waals surface area contributed by atoms with Gasteiger partial charge in [0.2, 0.25) is 11.9 Å². The Balaban J connectivity index is 1.41. The summed E-state index contributed by atoms with van der Waals surface area (Å²) in [7, 11) is 0. The first-order valence-corrected chi connectivity index (χ1v) is 11.2. The molecule has 2 aromatic carbocycles. The van der Waals surface area contributed by atoms with Crippen LogP contribution in [-0.4, -0.2) is 59.7 Å². The van der Waals surface area contributed by atoms with Crippen molar-refractivity contribution in [1.82, 2.24) is 15.0 Å². The number of carbonyl (C=O) groups is 1. The van der Waals surface area contributed by atoms with Crippen LogP contribution in [0.2, 0.25) is 0 Å². The fourth-order valence-corrected chi connectivity index (χ4v) is 3.96. The Morgan fingerprint density at radius 3 is 2.53 bits per heavy atom. The molecule has 0 saturated carbocycles. The summed E-state index contributed by atoms with van der Waals surface area (Å²) in [5, 5.41) is 14.2. The van der Waals surface area contributed by atoms with Gasteiger partial charge in [0.25, 0.3) is 0 Å². The van der Waals surface area contributed by atoms with E-state index in [1.165, 1.54) is 6.92 Å². The summed E-state index contributed by atoms with van der Waals surface area (Å²) >= 11 is 0. The lowest BCUT2D eigenvalue weighted by molar-refractivity contribution is -0.114. The number of guanidine groups is 1. The third-order valence-corrected chi connectivity index (χ3v) is 5.57. The Morgan fingerprint density at radius 2 is 1.79 bits per heavy atom. The second kappa shape index (κ2) is 9.75. The summed E-state index contributed by atoms with van der Waals surface area (Å²) in [4.78, 5) is 20.7. The molecule has 10 nitrogen and oxygen atoms in total. The molecule has 2 N–H and O–H groups in total. The lowest BCUT2D eigenvalue weighted by Crippen LogP contribution is -2.39. The summed E-state index contributed by atoms with van der Waals surface area (Å²) < 4.78 is 7.22. The number of hydrogen-bond acceptors (Lipinski definition) is 8. The van der Waals surface area contributed by atoms with Crippen LogP contribution in [0, 0.1) is 0 Å². The summed E-state index contributed by atoms with van der Waals surface area (Å²) in [6, 6.07) is 14.0. The van der Waals surface area contributed by atoms with Crippen molar-refractivity contribution in [1.29, 1.82) is 0 Å². The lowest BCUT2D eigenvalue weighted by atomic mass is 10.2. The predicted molar refractivity (Wildman–Crippen MR) is 133 cm³/mol. The molecule has 1 amide bonds. The highest BCUT2D eigenvalue weighted by Gasteiger charge is 2.19. The maximum atomic E-state index is 11.8. The van der Waals surface area contributed by atoms with Crippen molar-refractivity contribution in [3.05, 3.63) is 67.1 Å². The minimum absolute atomic E-state index is 0.108. The highest BCUT2D eigenvalue weighted by atomic mass is 16.5. The normalized spacial score (nSPS) is 15.7. The minimum Gasteiger partial charge on any atom is -0.378 e. The van der Waals surface area contributed by atoms with Crippen LogP contribution >= 0.6 is 0 Å². The summed E-state index contributed by atoms with van der Waals surface area (Å²) in [6.45, 7) is 5.15. The first-order valence-electron chi connectivity index (χ1n) is 11.2. The number of amides is 1. The van der Waals surface area contributed by atoms with Crippen LogP contribution in [0.25, 0.3) is 5.69 Å². The summed E-state index contributed by atoms with van der Waals surface area (Å²) in [5.41, 5.74) is 4.54. The van der Waals surface area contributed by atoms with Crippen LogP contribution in [0.15, 0.2) is 72.1 Å². The number of hydrogen-bond donors (Lipinski definition) is 2. The lowest BCUT2D eigenvalue weighted by Gasteiger charge is -2.32. The highest BCUT2D eigenvalue weighted by molar-refractivity contribution is 6.07. The second-order valence-electron chi connectivity index (χ2n) is 7.99. The fraction of sp³-hybridized carbons (Fsp3) is 0.250. The monoisotopic (exact) mass is 458 g/mol. The van der Waals surface area contributed by atoms with Crippen LogP contribution in [0.3, 0.4) is 0 Å². The molecule has 3 aromatic rings. The number of rotatable bonds is 5. The summed E-state index contributed by atoms with van der Waals surface area (Å²) in [6.07, 6.45) is 7.24. The number of nitrogens with one attached hydrogen (secondary N) is 2. The van der Waals surface area contributed by atoms with E-state index in [0.717, 1.165) is 41.5 Å². The van der Waals surface area contributed by atoms with Crippen molar-refractivity contribution < 1.29 is 9.53 Å². The standard InChI is InChI=1S/C24H26N8O2/c1-18(33)27-20-15-22(30-11-13-34-14-12-30)17-23(16-20)31-9-2-7-25-24(31)28-19-3-5-21(6-4-19)32-10-8-26-29-32/h2-8,10,15-17H,9,11-14H2,1H3,(H,25,28)(H,27,33). The minimum atomic E-state index is -0.108. The van der Waals surface area contributed by atoms with E-state index < -0.39 is 0 Å². The molecular formula is C24H26N8O2. The van der Waals surface area contributed by atoms with Gasteiger partial charge in [0, 0.05) is 55.5 Å². The van der Waals surface area contributed by atoms with Gasteiger partial charge in [-0.05, 0) is 48.5 Å². The number of aromatic nitrogens is 3. The van der Waals surface area contributed by atoms with Crippen LogP contribution in [0.4, 0.5) is 22.7 Å². The number of anilines is 4. The van der Waals surface area contributed by atoms with Crippen LogP contribution in [0.1, 0.15) is 6.92 Å². The zero-order valence-corrected chi connectivity index (χ0v) is 18.9. The molecule has 5 rings (SSSR count). The zero-order valence-electron chi connectivity index (χ0n) is 18.9. The van der Waals surface area contributed by atoms with Crippen molar-refractivity contribution in [3.63, 3.8) is 0 Å². The van der Waals surface area contributed by atoms with Gasteiger partial charge in [0.1, 0.15) is 0 Å². The third-order valence-electron chi connectivity index (χ3n) is 5.57. The molecule has 0 bridgehead atoms. The van der Waals surface area contributed by atoms with Crippen molar-refractivity contribution in [3.8, 4) is 5.69 Å². The summed E-state index contributed by atoms with van der Waals surface area (Å²) in [5.74, 6) is 0.590. The van der Waals surface area contributed by atoms with E-state index in [-0.39, 0.29) is 5.91 Å². The van der Waals surface area contributed by atoms with E-state index in [0.29, 0.717) is 25.7 Å². The smallest absolute Gasteiger partial charge is 0.221 e. The zero-order chi connectivity index (χ0) is 23.3. The molecule has 10 heteroatoms. The van der Waals surface area contributed by atoms with E-state index in [4.69, 9.17) is 4.74 Å². The molecule has 34 heavy (non-hydrogen) atoms. The Labute approximate surface area is 197 Å². The highest BCUT2D eigenvalue weighted by Crippen LogP contribution is 2.30. The number of carbonyl (C=O) groups excluding carboxylic acids is 1. The number of nitrogens with zero attached hydrogens (tertiary/aromatic N) is 6. The van der Waals surface area contributed by atoms with Gasteiger partial charge in [-0.3, -0.25) is 4.79 Å². The van der Waals surface area contributed by atoms with Gasteiger partial charge >= 0.3 is 0 Å².